The quantitative estimate of drug-likeness (QED) is 0.684. The molecule has 0 atom stereocenters. The van der Waals surface area contributed by atoms with Gasteiger partial charge in [-0.1, -0.05) is 22.9 Å². The van der Waals surface area contributed by atoms with Crippen LogP contribution in [0.1, 0.15) is 46.9 Å². The van der Waals surface area contributed by atoms with Gasteiger partial charge in [0.25, 0.3) is 11.8 Å². The molecule has 0 aromatic heterocycles. The maximum absolute atomic E-state index is 12.5. The van der Waals surface area contributed by atoms with E-state index in [0.717, 1.165) is 43.6 Å². The number of nitrogens with zero attached hydrogens (tertiary/aromatic N) is 3. The molecule has 0 N–H and O–H groups in total. The second-order valence-corrected chi connectivity index (χ2v) is 7.64. The Labute approximate surface area is 162 Å². The second-order valence-electron chi connectivity index (χ2n) is 6.72. The van der Waals surface area contributed by atoms with E-state index in [1.165, 1.54) is 4.90 Å². The van der Waals surface area contributed by atoms with Gasteiger partial charge in [-0.3, -0.25) is 19.3 Å². The summed E-state index contributed by atoms with van der Waals surface area (Å²) >= 11 is 3.33. The van der Waals surface area contributed by atoms with Crippen LogP contribution in [0.15, 0.2) is 22.7 Å². The Kier molecular flexibility index (Phi) is 6.09. The van der Waals surface area contributed by atoms with Crippen molar-refractivity contribution in [1.82, 2.24) is 14.7 Å². The molecular formula is C19H24BrN3O3. The van der Waals surface area contributed by atoms with Crippen molar-refractivity contribution >= 4 is 33.7 Å². The average Bonchev–Trinajstić information content (AvgIpc) is 2.82. The molecule has 0 spiro atoms. The van der Waals surface area contributed by atoms with Gasteiger partial charge in [0.05, 0.1) is 11.1 Å². The lowest BCUT2D eigenvalue weighted by molar-refractivity contribution is -0.131. The van der Waals surface area contributed by atoms with Gasteiger partial charge in [0.1, 0.15) is 0 Å². The van der Waals surface area contributed by atoms with Crippen molar-refractivity contribution in [3.63, 3.8) is 0 Å². The van der Waals surface area contributed by atoms with Crippen LogP contribution in [0.4, 0.5) is 0 Å². The third-order valence-electron chi connectivity index (χ3n) is 5.09. The summed E-state index contributed by atoms with van der Waals surface area (Å²) < 4.78 is 0.775. The minimum absolute atomic E-state index is 0.113. The molecule has 1 fully saturated rings. The number of likely N-dealkylation sites (N-methyl/N-ethyl adjacent to an activating group) is 1. The molecular weight excluding hydrogens is 398 g/mol. The van der Waals surface area contributed by atoms with Gasteiger partial charge < -0.3 is 9.80 Å². The highest BCUT2D eigenvalue weighted by atomic mass is 79.9. The minimum Gasteiger partial charge on any atom is -0.341 e. The monoisotopic (exact) mass is 421 g/mol. The molecule has 1 aromatic carbocycles. The Morgan fingerprint density at radius 1 is 1.08 bits per heavy atom. The van der Waals surface area contributed by atoms with Crippen molar-refractivity contribution in [2.24, 2.45) is 0 Å². The van der Waals surface area contributed by atoms with E-state index in [2.05, 4.69) is 27.8 Å². The standard InChI is InChI=1S/C19H24BrN3O3/c1-2-21-8-4-9-22(12-11-21)17(24)5-3-10-23-18(25)15-7-6-14(20)13-16(15)19(23)26/h6-7,13H,2-5,8-12H2,1H3. The number of fused-ring (bicyclic) bond motifs is 1. The predicted molar refractivity (Wildman–Crippen MR) is 102 cm³/mol. The maximum atomic E-state index is 12.5. The topological polar surface area (TPSA) is 60.9 Å². The first-order valence-corrected chi connectivity index (χ1v) is 9.96. The highest BCUT2D eigenvalue weighted by Gasteiger charge is 2.35. The van der Waals surface area contributed by atoms with Crippen LogP contribution < -0.4 is 0 Å². The molecule has 6 nitrogen and oxygen atoms in total. The van der Waals surface area contributed by atoms with E-state index in [4.69, 9.17) is 0 Å². The van der Waals surface area contributed by atoms with Crippen molar-refractivity contribution < 1.29 is 14.4 Å². The summed E-state index contributed by atoms with van der Waals surface area (Å²) in [5.74, 6) is -0.423. The van der Waals surface area contributed by atoms with Gasteiger partial charge in [-0.25, -0.2) is 0 Å². The van der Waals surface area contributed by atoms with Crippen LogP contribution in [-0.2, 0) is 4.79 Å². The highest BCUT2D eigenvalue weighted by Crippen LogP contribution is 2.26. The fourth-order valence-corrected chi connectivity index (χ4v) is 3.91. The second kappa shape index (κ2) is 8.31. The van der Waals surface area contributed by atoms with Crippen molar-refractivity contribution in [2.45, 2.75) is 26.2 Å². The number of rotatable bonds is 5. The zero-order valence-electron chi connectivity index (χ0n) is 15.0. The van der Waals surface area contributed by atoms with Crippen LogP contribution in [0, 0.1) is 0 Å². The van der Waals surface area contributed by atoms with Gasteiger partial charge >= 0.3 is 0 Å². The number of hydrogen-bond donors (Lipinski definition) is 0. The summed E-state index contributed by atoms with van der Waals surface area (Å²) in [4.78, 5) is 42.8. The van der Waals surface area contributed by atoms with Gasteiger partial charge in [-0.15, -0.1) is 0 Å². The lowest BCUT2D eigenvalue weighted by Gasteiger charge is -2.21. The zero-order chi connectivity index (χ0) is 18.7. The van der Waals surface area contributed by atoms with Gasteiger partial charge in [0, 0.05) is 37.1 Å². The van der Waals surface area contributed by atoms with E-state index < -0.39 is 0 Å². The van der Waals surface area contributed by atoms with Crippen LogP contribution in [0.5, 0.6) is 0 Å². The molecule has 2 aliphatic heterocycles. The Morgan fingerprint density at radius 3 is 2.62 bits per heavy atom. The summed E-state index contributed by atoms with van der Waals surface area (Å²) in [5, 5.41) is 0. The molecule has 3 rings (SSSR count). The van der Waals surface area contributed by atoms with E-state index in [-0.39, 0.29) is 24.3 Å². The summed E-state index contributed by atoms with van der Waals surface area (Å²) in [7, 11) is 0. The summed E-state index contributed by atoms with van der Waals surface area (Å²) in [5.41, 5.74) is 0.875. The minimum atomic E-state index is -0.271. The lowest BCUT2D eigenvalue weighted by Crippen LogP contribution is -2.36. The van der Waals surface area contributed by atoms with Gasteiger partial charge in [0.2, 0.25) is 5.91 Å². The van der Waals surface area contributed by atoms with E-state index in [1.807, 2.05) is 4.90 Å². The first kappa shape index (κ1) is 19.0. The van der Waals surface area contributed by atoms with Crippen LogP contribution in [0.25, 0.3) is 0 Å². The zero-order valence-corrected chi connectivity index (χ0v) is 16.6. The lowest BCUT2D eigenvalue weighted by atomic mass is 10.1. The van der Waals surface area contributed by atoms with Gasteiger partial charge in [0.15, 0.2) is 0 Å². The van der Waals surface area contributed by atoms with Crippen molar-refractivity contribution in [2.75, 3.05) is 39.3 Å². The molecule has 0 radical (unpaired) electrons. The van der Waals surface area contributed by atoms with Crippen LogP contribution in [0.2, 0.25) is 0 Å². The van der Waals surface area contributed by atoms with Crippen molar-refractivity contribution in [3.8, 4) is 0 Å². The molecule has 0 saturated carbocycles. The Bertz CT molecular complexity index is 722. The first-order valence-electron chi connectivity index (χ1n) is 9.17. The SMILES string of the molecule is CCN1CCCN(C(=O)CCCN2C(=O)c3ccc(Br)cc3C2=O)CC1. The summed E-state index contributed by atoms with van der Waals surface area (Å²) in [6.45, 7) is 6.92. The van der Waals surface area contributed by atoms with E-state index in [9.17, 15) is 14.4 Å². The third kappa shape index (κ3) is 3.99. The fraction of sp³-hybridized carbons (Fsp3) is 0.526. The Balaban J connectivity index is 1.51. The molecule has 0 aliphatic carbocycles. The molecule has 140 valence electrons. The number of halogens is 1. The van der Waals surface area contributed by atoms with E-state index >= 15 is 0 Å². The number of imide groups is 1. The number of benzene rings is 1. The molecule has 7 heteroatoms. The molecule has 0 bridgehead atoms. The van der Waals surface area contributed by atoms with Gasteiger partial charge in [-0.2, -0.15) is 0 Å². The smallest absolute Gasteiger partial charge is 0.261 e. The molecule has 1 saturated heterocycles. The molecule has 3 amide bonds. The first-order chi connectivity index (χ1) is 12.5. The number of hydrogen-bond acceptors (Lipinski definition) is 4. The fourth-order valence-electron chi connectivity index (χ4n) is 3.55. The molecule has 0 unspecified atom stereocenters. The maximum Gasteiger partial charge on any atom is 0.261 e. The largest absolute Gasteiger partial charge is 0.341 e. The number of carbonyl (C=O) groups is 3. The average molecular weight is 422 g/mol. The molecule has 2 heterocycles. The van der Waals surface area contributed by atoms with Crippen molar-refractivity contribution in [1.29, 1.82) is 0 Å². The number of amides is 3. The molecule has 1 aromatic rings. The third-order valence-corrected chi connectivity index (χ3v) is 5.59. The molecule has 26 heavy (non-hydrogen) atoms. The van der Waals surface area contributed by atoms with Crippen LogP contribution in [0.3, 0.4) is 0 Å². The van der Waals surface area contributed by atoms with Gasteiger partial charge in [-0.05, 0) is 44.1 Å². The van der Waals surface area contributed by atoms with Crippen LogP contribution >= 0.6 is 15.9 Å². The summed E-state index contributed by atoms with van der Waals surface area (Å²) in [6, 6.07) is 5.11. The highest BCUT2D eigenvalue weighted by molar-refractivity contribution is 9.10. The van der Waals surface area contributed by atoms with E-state index in [0.29, 0.717) is 24.0 Å². The predicted octanol–water partition coefficient (Wildman–Crippen LogP) is 2.38. The summed E-state index contributed by atoms with van der Waals surface area (Å²) in [6.07, 6.45) is 1.86. The van der Waals surface area contributed by atoms with Crippen LogP contribution in [-0.4, -0.2) is 71.7 Å². The normalized spacial score (nSPS) is 18.2. The molecule has 2 aliphatic rings. The Hall–Kier alpha value is -1.73. The number of carbonyl (C=O) groups excluding carboxylic acids is 3. The van der Waals surface area contributed by atoms with E-state index in [1.54, 1.807) is 18.2 Å². The Morgan fingerprint density at radius 2 is 1.85 bits per heavy atom. The van der Waals surface area contributed by atoms with Crippen molar-refractivity contribution in [3.05, 3.63) is 33.8 Å².